The minimum absolute atomic E-state index is 0.192. The van der Waals surface area contributed by atoms with E-state index < -0.39 is 10.0 Å². The molecule has 0 radical (unpaired) electrons. The predicted molar refractivity (Wildman–Crippen MR) is 108 cm³/mol. The molecule has 1 aromatic heterocycles. The van der Waals surface area contributed by atoms with Gasteiger partial charge in [0.25, 0.3) is 15.9 Å². The van der Waals surface area contributed by atoms with Crippen LogP contribution in [0.15, 0.2) is 72.1 Å². The molecule has 1 amide bonds. The van der Waals surface area contributed by atoms with Gasteiger partial charge in [-0.2, -0.15) is 0 Å². The quantitative estimate of drug-likeness (QED) is 0.571. The van der Waals surface area contributed by atoms with Crippen LogP contribution in [0.1, 0.15) is 22.3 Å². The number of nitrogens with one attached hydrogen (secondary N) is 2. The second-order valence-corrected chi connectivity index (χ2v) is 8.09. The molecule has 0 saturated heterocycles. The molecule has 0 bridgehead atoms. The number of benzene rings is 2. The van der Waals surface area contributed by atoms with Crippen LogP contribution < -0.4 is 10.0 Å². The van der Waals surface area contributed by atoms with E-state index in [9.17, 15) is 13.2 Å². The molecule has 3 aromatic rings. The Morgan fingerprint density at radius 1 is 1.07 bits per heavy atom. The summed E-state index contributed by atoms with van der Waals surface area (Å²) in [5, 5.41) is 2.85. The van der Waals surface area contributed by atoms with Crippen molar-refractivity contribution in [2.45, 2.75) is 24.8 Å². The van der Waals surface area contributed by atoms with E-state index in [1.54, 1.807) is 61.1 Å². The van der Waals surface area contributed by atoms with E-state index in [0.717, 1.165) is 18.5 Å². The number of carbonyl (C=O) groups excluding carboxylic acids is 1. The van der Waals surface area contributed by atoms with Gasteiger partial charge in [0, 0.05) is 36.7 Å². The molecule has 0 aliphatic rings. The molecule has 0 aliphatic carbocycles. The highest BCUT2D eigenvalue weighted by molar-refractivity contribution is 7.92. The summed E-state index contributed by atoms with van der Waals surface area (Å²) in [5.41, 5.74) is 1.86. The van der Waals surface area contributed by atoms with Gasteiger partial charge in [0.15, 0.2) is 0 Å². The standard InChI is InChI=1S/C20H22N4O3S/c1-16-3-9-19(10-4-16)28(26,27)23-18-7-5-17(6-8-18)20(25)22-11-2-13-24-14-12-21-15-24/h3-10,12,14-15,23H,2,11,13H2,1H3,(H,22,25). The Hall–Kier alpha value is -3.13. The lowest BCUT2D eigenvalue weighted by atomic mass is 10.2. The number of rotatable bonds is 8. The number of hydrogen-bond donors (Lipinski definition) is 2. The number of amides is 1. The summed E-state index contributed by atoms with van der Waals surface area (Å²) in [6.07, 6.45) is 6.11. The van der Waals surface area contributed by atoms with E-state index in [1.165, 1.54) is 0 Å². The van der Waals surface area contributed by atoms with Crippen LogP contribution >= 0.6 is 0 Å². The maximum Gasteiger partial charge on any atom is 0.261 e. The number of hydrogen-bond acceptors (Lipinski definition) is 4. The monoisotopic (exact) mass is 398 g/mol. The van der Waals surface area contributed by atoms with Crippen LogP contribution in [0.25, 0.3) is 0 Å². The van der Waals surface area contributed by atoms with Gasteiger partial charge < -0.3 is 9.88 Å². The van der Waals surface area contributed by atoms with E-state index in [1.807, 2.05) is 17.7 Å². The third-order valence-corrected chi connectivity index (χ3v) is 5.57. The van der Waals surface area contributed by atoms with Gasteiger partial charge >= 0.3 is 0 Å². The smallest absolute Gasteiger partial charge is 0.261 e. The molecule has 2 N–H and O–H groups in total. The molecule has 0 unspecified atom stereocenters. The molecule has 8 heteroatoms. The first-order valence-corrected chi connectivity index (χ1v) is 10.4. The summed E-state index contributed by atoms with van der Waals surface area (Å²) in [5.74, 6) is -0.196. The molecule has 0 aliphatic heterocycles. The average molecular weight is 398 g/mol. The molecule has 146 valence electrons. The first kappa shape index (κ1) is 19.6. The summed E-state index contributed by atoms with van der Waals surface area (Å²) in [7, 11) is -3.66. The highest BCUT2D eigenvalue weighted by Crippen LogP contribution is 2.17. The predicted octanol–water partition coefficient (Wildman–Crippen LogP) is 2.81. The first-order valence-electron chi connectivity index (χ1n) is 8.87. The minimum Gasteiger partial charge on any atom is -0.352 e. The third kappa shape index (κ3) is 5.20. The van der Waals surface area contributed by atoms with Crippen LogP contribution in [-0.4, -0.2) is 30.4 Å². The molecule has 28 heavy (non-hydrogen) atoms. The molecule has 0 spiro atoms. The number of carbonyl (C=O) groups is 1. The second-order valence-electron chi connectivity index (χ2n) is 6.41. The Labute approximate surface area is 164 Å². The lowest BCUT2D eigenvalue weighted by Crippen LogP contribution is -2.25. The van der Waals surface area contributed by atoms with Crippen molar-refractivity contribution in [1.29, 1.82) is 0 Å². The maximum atomic E-state index is 12.4. The summed E-state index contributed by atoms with van der Waals surface area (Å²) >= 11 is 0. The molecule has 0 fully saturated rings. The fourth-order valence-electron chi connectivity index (χ4n) is 2.61. The van der Waals surface area contributed by atoms with E-state index in [0.29, 0.717) is 17.8 Å². The summed E-state index contributed by atoms with van der Waals surface area (Å²) < 4.78 is 29.3. The highest BCUT2D eigenvalue weighted by atomic mass is 32.2. The lowest BCUT2D eigenvalue weighted by molar-refractivity contribution is 0.0952. The van der Waals surface area contributed by atoms with Crippen molar-refractivity contribution in [3.63, 3.8) is 0 Å². The van der Waals surface area contributed by atoms with E-state index >= 15 is 0 Å². The van der Waals surface area contributed by atoms with E-state index in [4.69, 9.17) is 0 Å². The molecule has 0 saturated carbocycles. The van der Waals surface area contributed by atoms with Gasteiger partial charge in [0.1, 0.15) is 0 Å². The fraction of sp³-hybridized carbons (Fsp3) is 0.200. The Kier molecular flexibility index (Phi) is 6.10. The van der Waals surface area contributed by atoms with Gasteiger partial charge in [-0.3, -0.25) is 9.52 Å². The minimum atomic E-state index is -3.66. The molecule has 7 nitrogen and oxygen atoms in total. The Morgan fingerprint density at radius 3 is 2.43 bits per heavy atom. The van der Waals surface area contributed by atoms with Crippen LogP contribution in [0, 0.1) is 6.92 Å². The lowest BCUT2D eigenvalue weighted by Gasteiger charge is -2.10. The van der Waals surface area contributed by atoms with Crippen molar-refractivity contribution < 1.29 is 13.2 Å². The number of anilines is 1. The number of nitrogens with zero attached hydrogens (tertiary/aromatic N) is 2. The van der Waals surface area contributed by atoms with Crippen LogP contribution in [0.5, 0.6) is 0 Å². The van der Waals surface area contributed by atoms with Crippen molar-refractivity contribution >= 4 is 21.6 Å². The van der Waals surface area contributed by atoms with Crippen molar-refractivity contribution in [1.82, 2.24) is 14.9 Å². The zero-order valence-electron chi connectivity index (χ0n) is 15.5. The zero-order chi connectivity index (χ0) is 20.0. The van der Waals surface area contributed by atoms with Crippen molar-refractivity contribution in [2.75, 3.05) is 11.3 Å². The topological polar surface area (TPSA) is 93.1 Å². The van der Waals surface area contributed by atoms with Crippen molar-refractivity contribution in [3.8, 4) is 0 Å². The number of aryl methyl sites for hydroxylation is 2. The fourth-order valence-corrected chi connectivity index (χ4v) is 3.66. The van der Waals surface area contributed by atoms with Gasteiger partial charge in [0.2, 0.25) is 0 Å². The Bertz CT molecular complexity index is 1010. The number of aromatic nitrogens is 2. The van der Waals surface area contributed by atoms with Crippen LogP contribution in [-0.2, 0) is 16.6 Å². The number of sulfonamides is 1. The highest BCUT2D eigenvalue weighted by Gasteiger charge is 2.14. The zero-order valence-corrected chi connectivity index (χ0v) is 16.3. The van der Waals surface area contributed by atoms with Crippen LogP contribution in [0.3, 0.4) is 0 Å². The van der Waals surface area contributed by atoms with E-state index in [2.05, 4.69) is 15.0 Å². The molecule has 3 rings (SSSR count). The SMILES string of the molecule is Cc1ccc(S(=O)(=O)Nc2ccc(C(=O)NCCCn3ccnc3)cc2)cc1. The summed E-state index contributed by atoms with van der Waals surface area (Å²) in [4.78, 5) is 16.3. The average Bonchev–Trinajstić information content (AvgIpc) is 3.19. The second kappa shape index (κ2) is 8.71. The Morgan fingerprint density at radius 2 is 1.79 bits per heavy atom. The van der Waals surface area contributed by atoms with Crippen LogP contribution in [0.2, 0.25) is 0 Å². The normalized spacial score (nSPS) is 11.2. The molecule has 1 heterocycles. The molecular weight excluding hydrogens is 376 g/mol. The summed E-state index contributed by atoms with van der Waals surface area (Å²) in [6.45, 7) is 3.21. The molecule has 0 atom stereocenters. The van der Waals surface area contributed by atoms with Crippen molar-refractivity contribution in [3.05, 3.63) is 78.4 Å². The summed E-state index contributed by atoms with van der Waals surface area (Å²) in [6, 6.07) is 12.9. The Balaban J connectivity index is 1.53. The maximum absolute atomic E-state index is 12.4. The first-order chi connectivity index (χ1) is 13.4. The largest absolute Gasteiger partial charge is 0.352 e. The van der Waals surface area contributed by atoms with Gasteiger partial charge in [-0.25, -0.2) is 13.4 Å². The molecule has 2 aromatic carbocycles. The van der Waals surface area contributed by atoms with E-state index in [-0.39, 0.29) is 10.8 Å². The third-order valence-electron chi connectivity index (χ3n) is 4.17. The van der Waals surface area contributed by atoms with Gasteiger partial charge in [-0.05, 0) is 49.7 Å². The van der Waals surface area contributed by atoms with Crippen LogP contribution in [0.4, 0.5) is 5.69 Å². The van der Waals surface area contributed by atoms with Gasteiger partial charge in [-0.15, -0.1) is 0 Å². The van der Waals surface area contributed by atoms with Gasteiger partial charge in [0.05, 0.1) is 11.2 Å². The van der Waals surface area contributed by atoms with Crippen molar-refractivity contribution in [2.24, 2.45) is 0 Å². The number of imidazole rings is 1. The molecular formula is C20H22N4O3S. The van der Waals surface area contributed by atoms with Gasteiger partial charge in [-0.1, -0.05) is 17.7 Å².